The lowest BCUT2D eigenvalue weighted by Crippen LogP contribution is -2.06. The van der Waals surface area contributed by atoms with Crippen molar-refractivity contribution in [2.24, 2.45) is 0 Å². The molecule has 0 saturated heterocycles. The number of nitrogens with two attached hydrogens (primary N) is 2. The summed E-state index contributed by atoms with van der Waals surface area (Å²) in [6.45, 7) is 0.789. The zero-order chi connectivity index (χ0) is 23.0. The summed E-state index contributed by atoms with van der Waals surface area (Å²) >= 11 is 0. The molecular formula is C26H26N4O3. The fourth-order valence-corrected chi connectivity index (χ4v) is 3.41. The molecule has 0 atom stereocenters. The molecule has 4 rings (SSSR count). The lowest BCUT2D eigenvalue weighted by Gasteiger charge is -2.18. The van der Waals surface area contributed by atoms with Crippen LogP contribution in [0.3, 0.4) is 0 Å². The highest BCUT2D eigenvalue weighted by Gasteiger charge is 2.16. The minimum absolute atomic E-state index is 0.143. The summed E-state index contributed by atoms with van der Waals surface area (Å²) in [6, 6.07) is 23.7. The number of nitrogen functional groups attached to an aromatic ring is 2. The topological polar surface area (TPSA) is 106 Å². The molecule has 0 bridgehead atoms. The van der Waals surface area contributed by atoms with Gasteiger partial charge in [0.2, 0.25) is 11.7 Å². The highest BCUT2D eigenvalue weighted by atomic mass is 16.5. The molecule has 0 amide bonds. The van der Waals surface area contributed by atoms with Gasteiger partial charge in [0.25, 0.3) is 0 Å². The Morgan fingerprint density at radius 1 is 0.758 bits per heavy atom. The van der Waals surface area contributed by atoms with Crippen LogP contribution in [0.2, 0.25) is 0 Å². The average Bonchev–Trinajstić information content (AvgIpc) is 2.84. The van der Waals surface area contributed by atoms with Gasteiger partial charge in [-0.3, -0.25) is 0 Å². The lowest BCUT2D eigenvalue weighted by atomic mass is 10.1. The van der Waals surface area contributed by atoms with E-state index >= 15 is 0 Å². The predicted molar refractivity (Wildman–Crippen MR) is 128 cm³/mol. The molecular weight excluding hydrogens is 416 g/mol. The van der Waals surface area contributed by atoms with Crippen molar-refractivity contribution in [3.63, 3.8) is 0 Å². The van der Waals surface area contributed by atoms with Crippen LogP contribution < -0.4 is 25.7 Å². The van der Waals surface area contributed by atoms with Gasteiger partial charge < -0.3 is 25.7 Å². The maximum atomic E-state index is 6.15. The molecule has 0 saturated carbocycles. The van der Waals surface area contributed by atoms with E-state index in [9.17, 15) is 0 Å². The first-order chi connectivity index (χ1) is 16.1. The zero-order valence-electron chi connectivity index (χ0n) is 18.4. The van der Waals surface area contributed by atoms with E-state index in [2.05, 4.69) is 9.97 Å². The normalized spacial score (nSPS) is 10.6. The van der Waals surface area contributed by atoms with Crippen LogP contribution >= 0.6 is 0 Å². The standard InChI is InChI=1S/C26H26N4O3/c1-31-24-22(32-16-18-8-4-2-5-9-18)13-20(12-21-15-29-26(28)30-25(21)27)14-23(24)33-17-19-10-6-3-7-11-19/h2-11,13-15H,12,16-17H2,1H3,(H4,27,28,29,30). The van der Waals surface area contributed by atoms with Crippen molar-refractivity contribution in [1.82, 2.24) is 9.97 Å². The first-order valence-corrected chi connectivity index (χ1v) is 10.5. The minimum Gasteiger partial charge on any atom is -0.490 e. The van der Waals surface area contributed by atoms with Crippen molar-refractivity contribution in [2.75, 3.05) is 18.6 Å². The van der Waals surface area contributed by atoms with Gasteiger partial charge in [-0.2, -0.15) is 4.98 Å². The van der Waals surface area contributed by atoms with Crippen LogP contribution in [0.4, 0.5) is 11.8 Å². The summed E-state index contributed by atoms with van der Waals surface area (Å²) in [7, 11) is 1.60. The second kappa shape index (κ2) is 10.4. The molecule has 4 N–H and O–H groups in total. The van der Waals surface area contributed by atoms with Crippen LogP contribution in [0.5, 0.6) is 17.2 Å². The first kappa shape index (κ1) is 22.0. The van der Waals surface area contributed by atoms with E-state index in [1.807, 2.05) is 72.8 Å². The van der Waals surface area contributed by atoms with Gasteiger partial charge >= 0.3 is 0 Å². The second-order valence-corrected chi connectivity index (χ2v) is 7.49. The van der Waals surface area contributed by atoms with Crippen LogP contribution in [-0.2, 0) is 19.6 Å². The molecule has 0 spiro atoms. The Bertz CT molecular complexity index is 1140. The van der Waals surface area contributed by atoms with E-state index in [4.69, 9.17) is 25.7 Å². The Kier molecular flexibility index (Phi) is 6.90. The van der Waals surface area contributed by atoms with E-state index in [0.717, 1.165) is 22.3 Å². The molecule has 168 valence electrons. The first-order valence-electron chi connectivity index (χ1n) is 10.5. The van der Waals surface area contributed by atoms with Gasteiger partial charge in [0.15, 0.2) is 11.5 Å². The molecule has 7 nitrogen and oxygen atoms in total. The SMILES string of the molecule is COc1c(OCc2ccccc2)cc(Cc2cnc(N)nc2N)cc1OCc1ccccc1. The van der Waals surface area contributed by atoms with Crippen molar-refractivity contribution < 1.29 is 14.2 Å². The Labute approximate surface area is 193 Å². The molecule has 0 aliphatic heterocycles. The minimum atomic E-state index is 0.143. The maximum absolute atomic E-state index is 6.15. The number of benzene rings is 3. The smallest absolute Gasteiger partial charge is 0.221 e. The summed E-state index contributed by atoms with van der Waals surface area (Å²) < 4.78 is 18.0. The maximum Gasteiger partial charge on any atom is 0.221 e. The molecule has 0 fully saturated rings. The third-order valence-corrected chi connectivity index (χ3v) is 5.07. The quantitative estimate of drug-likeness (QED) is 0.396. The molecule has 1 heterocycles. The Morgan fingerprint density at radius 3 is 1.79 bits per heavy atom. The van der Waals surface area contributed by atoms with Gasteiger partial charge in [-0.15, -0.1) is 0 Å². The molecule has 4 aromatic rings. The average molecular weight is 443 g/mol. The van der Waals surface area contributed by atoms with Gasteiger partial charge in [-0.1, -0.05) is 60.7 Å². The van der Waals surface area contributed by atoms with Crippen molar-refractivity contribution >= 4 is 11.8 Å². The molecule has 0 aliphatic rings. The number of aromatic nitrogens is 2. The summed E-state index contributed by atoms with van der Waals surface area (Å²) in [5, 5.41) is 0. The van der Waals surface area contributed by atoms with Crippen LogP contribution in [0, 0.1) is 0 Å². The molecule has 0 radical (unpaired) electrons. The highest BCUT2D eigenvalue weighted by molar-refractivity contribution is 5.55. The summed E-state index contributed by atoms with van der Waals surface area (Å²) in [5.41, 5.74) is 15.5. The zero-order valence-corrected chi connectivity index (χ0v) is 18.4. The number of nitrogens with zero attached hydrogens (tertiary/aromatic N) is 2. The summed E-state index contributed by atoms with van der Waals surface area (Å²) in [4.78, 5) is 8.12. The number of hydrogen-bond donors (Lipinski definition) is 2. The van der Waals surface area contributed by atoms with Crippen molar-refractivity contribution in [1.29, 1.82) is 0 Å². The lowest BCUT2D eigenvalue weighted by molar-refractivity contribution is 0.257. The van der Waals surface area contributed by atoms with Crippen LogP contribution in [-0.4, -0.2) is 17.1 Å². The van der Waals surface area contributed by atoms with Gasteiger partial charge in [0.1, 0.15) is 19.0 Å². The third kappa shape index (κ3) is 5.71. The molecule has 1 aromatic heterocycles. The van der Waals surface area contributed by atoms with E-state index < -0.39 is 0 Å². The molecule has 7 heteroatoms. The number of methoxy groups -OCH3 is 1. The Balaban J connectivity index is 1.65. The molecule has 0 unspecified atom stereocenters. The highest BCUT2D eigenvalue weighted by Crippen LogP contribution is 2.40. The Morgan fingerprint density at radius 2 is 1.30 bits per heavy atom. The van der Waals surface area contributed by atoms with Crippen molar-refractivity contribution in [3.8, 4) is 17.2 Å². The Hall–Kier alpha value is -4.26. The van der Waals surface area contributed by atoms with Gasteiger partial charge in [0.05, 0.1) is 7.11 Å². The van der Waals surface area contributed by atoms with E-state index in [-0.39, 0.29) is 5.95 Å². The second-order valence-electron chi connectivity index (χ2n) is 7.49. The monoisotopic (exact) mass is 442 g/mol. The van der Waals surface area contributed by atoms with Crippen LogP contribution in [0.25, 0.3) is 0 Å². The van der Waals surface area contributed by atoms with E-state index in [0.29, 0.717) is 42.7 Å². The summed E-state index contributed by atoms with van der Waals surface area (Å²) in [6.07, 6.45) is 2.12. The molecule has 33 heavy (non-hydrogen) atoms. The number of hydrogen-bond acceptors (Lipinski definition) is 7. The van der Waals surface area contributed by atoms with Crippen molar-refractivity contribution in [2.45, 2.75) is 19.6 Å². The number of ether oxygens (including phenoxy) is 3. The van der Waals surface area contributed by atoms with Gasteiger partial charge in [-0.25, -0.2) is 4.98 Å². The van der Waals surface area contributed by atoms with Crippen molar-refractivity contribution in [3.05, 3.63) is 101 Å². The number of rotatable bonds is 9. The summed E-state index contributed by atoms with van der Waals surface area (Å²) in [5.74, 6) is 2.18. The van der Waals surface area contributed by atoms with Crippen LogP contribution in [0.1, 0.15) is 22.3 Å². The van der Waals surface area contributed by atoms with Crippen LogP contribution in [0.15, 0.2) is 79.0 Å². The number of anilines is 2. The molecule has 0 aliphatic carbocycles. The van der Waals surface area contributed by atoms with E-state index in [1.165, 1.54) is 0 Å². The molecule has 3 aromatic carbocycles. The predicted octanol–water partition coefficient (Wildman–Crippen LogP) is 4.40. The largest absolute Gasteiger partial charge is 0.490 e. The third-order valence-electron chi connectivity index (χ3n) is 5.07. The fourth-order valence-electron chi connectivity index (χ4n) is 3.41. The van der Waals surface area contributed by atoms with Gasteiger partial charge in [0, 0.05) is 18.2 Å². The fraction of sp³-hybridized carbons (Fsp3) is 0.154. The van der Waals surface area contributed by atoms with Gasteiger partial charge in [-0.05, 0) is 28.8 Å². The van der Waals surface area contributed by atoms with E-state index in [1.54, 1.807) is 13.3 Å².